The maximum Gasteiger partial charge on any atom is 0.248 e. The summed E-state index contributed by atoms with van der Waals surface area (Å²) in [5, 5.41) is 2.80. The van der Waals surface area contributed by atoms with Gasteiger partial charge in [0.1, 0.15) is 6.10 Å². The molecule has 0 spiro atoms. The van der Waals surface area contributed by atoms with Gasteiger partial charge in [0.15, 0.2) is 0 Å². The number of nitrogens with one attached hydrogen (secondary N) is 1. The number of rotatable bonds is 8. The Morgan fingerprint density at radius 1 is 1.37 bits per heavy atom. The first-order valence-corrected chi connectivity index (χ1v) is 6.36. The van der Waals surface area contributed by atoms with Crippen LogP contribution in [0.5, 0.6) is 0 Å². The standard InChI is InChI=1S/C14H22N2O3/c1-11(14(17)16-8-3-9-18-2)19-10-12-4-6-13(15)7-5-12/h4-7,11H,3,8-10,15H2,1-2H3,(H,16,17). The number of hydrogen-bond donors (Lipinski definition) is 2. The van der Waals surface area contributed by atoms with Gasteiger partial charge in [0.2, 0.25) is 5.91 Å². The van der Waals surface area contributed by atoms with Gasteiger partial charge in [-0.15, -0.1) is 0 Å². The molecule has 0 bridgehead atoms. The van der Waals surface area contributed by atoms with Crippen LogP contribution in [-0.2, 0) is 20.9 Å². The van der Waals surface area contributed by atoms with Crippen molar-refractivity contribution in [2.45, 2.75) is 26.1 Å². The molecule has 1 rings (SSSR count). The summed E-state index contributed by atoms with van der Waals surface area (Å²) in [6.45, 7) is 3.37. The zero-order chi connectivity index (χ0) is 14.1. The monoisotopic (exact) mass is 266 g/mol. The maximum atomic E-state index is 11.7. The first kappa shape index (κ1) is 15.5. The number of benzene rings is 1. The van der Waals surface area contributed by atoms with Crippen LogP contribution in [-0.4, -0.2) is 32.3 Å². The molecule has 0 aliphatic rings. The van der Waals surface area contributed by atoms with Crippen LogP contribution < -0.4 is 11.1 Å². The fraction of sp³-hybridized carbons (Fsp3) is 0.500. The third kappa shape index (κ3) is 6.22. The Morgan fingerprint density at radius 3 is 2.68 bits per heavy atom. The van der Waals surface area contributed by atoms with Crippen molar-refractivity contribution in [3.63, 3.8) is 0 Å². The lowest BCUT2D eigenvalue weighted by Crippen LogP contribution is -2.35. The predicted molar refractivity (Wildman–Crippen MR) is 74.6 cm³/mol. The lowest BCUT2D eigenvalue weighted by molar-refractivity contribution is -0.132. The summed E-state index contributed by atoms with van der Waals surface area (Å²) in [5.74, 6) is -0.105. The van der Waals surface area contributed by atoms with E-state index in [2.05, 4.69) is 5.32 Å². The molecular weight excluding hydrogens is 244 g/mol. The van der Waals surface area contributed by atoms with Crippen LogP contribution in [0, 0.1) is 0 Å². The summed E-state index contributed by atoms with van der Waals surface area (Å²) in [5.41, 5.74) is 7.30. The molecule has 3 N–H and O–H groups in total. The average Bonchev–Trinajstić information content (AvgIpc) is 2.42. The zero-order valence-corrected chi connectivity index (χ0v) is 11.5. The van der Waals surface area contributed by atoms with Gasteiger partial charge in [-0.2, -0.15) is 0 Å². The molecule has 1 unspecified atom stereocenters. The topological polar surface area (TPSA) is 73.6 Å². The van der Waals surface area contributed by atoms with E-state index in [9.17, 15) is 4.79 Å². The quantitative estimate of drug-likeness (QED) is 0.550. The largest absolute Gasteiger partial charge is 0.399 e. The maximum absolute atomic E-state index is 11.7. The molecule has 0 saturated carbocycles. The number of amides is 1. The van der Waals surface area contributed by atoms with Gasteiger partial charge in [0, 0.05) is 25.9 Å². The number of nitrogen functional groups attached to an aromatic ring is 1. The first-order chi connectivity index (χ1) is 9.13. The molecule has 0 heterocycles. The smallest absolute Gasteiger partial charge is 0.248 e. The minimum Gasteiger partial charge on any atom is -0.399 e. The van der Waals surface area contributed by atoms with Crippen LogP contribution in [0.4, 0.5) is 5.69 Å². The molecule has 0 fully saturated rings. The van der Waals surface area contributed by atoms with Crippen LogP contribution in [0.1, 0.15) is 18.9 Å². The Labute approximate surface area is 114 Å². The second-order valence-corrected chi connectivity index (χ2v) is 4.33. The van der Waals surface area contributed by atoms with Crippen molar-refractivity contribution in [2.75, 3.05) is 26.0 Å². The number of ether oxygens (including phenoxy) is 2. The fourth-order valence-corrected chi connectivity index (χ4v) is 1.48. The predicted octanol–water partition coefficient (Wildman–Crippen LogP) is 1.33. The van der Waals surface area contributed by atoms with Crippen molar-refractivity contribution in [1.29, 1.82) is 0 Å². The van der Waals surface area contributed by atoms with E-state index in [4.69, 9.17) is 15.2 Å². The van der Waals surface area contributed by atoms with Crippen molar-refractivity contribution < 1.29 is 14.3 Å². The Kier molecular flexibility index (Phi) is 6.92. The minimum atomic E-state index is -0.472. The van der Waals surface area contributed by atoms with Crippen LogP contribution in [0.25, 0.3) is 0 Å². The molecule has 0 saturated heterocycles. The third-order valence-corrected chi connectivity index (χ3v) is 2.67. The number of carbonyl (C=O) groups is 1. The normalized spacial score (nSPS) is 12.1. The second kappa shape index (κ2) is 8.50. The highest BCUT2D eigenvalue weighted by molar-refractivity contribution is 5.80. The van der Waals surface area contributed by atoms with Gasteiger partial charge >= 0.3 is 0 Å². The third-order valence-electron chi connectivity index (χ3n) is 2.67. The summed E-state index contributed by atoms with van der Waals surface area (Å²) < 4.78 is 10.4. The SMILES string of the molecule is COCCCNC(=O)C(C)OCc1ccc(N)cc1. The van der Waals surface area contributed by atoms with Gasteiger partial charge in [0.05, 0.1) is 6.61 Å². The van der Waals surface area contributed by atoms with E-state index in [1.165, 1.54) is 0 Å². The van der Waals surface area contributed by atoms with E-state index in [1.807, 2.05) is 24.3 Å². The van der Waals surface area contributed by atoms with Crippen molar-refractivity contribution in [1.82, 2.24) is 5.32 Å². The highest BCUT2D eigenvalue weighted by Crippen LogP contribution is 2.07. The second-order valence-electron chi connectivity index (χ2n) is 4.33. The molecule has 0 radical (unpaired) electrons. The Morgan fingerprint density at radius 2 is 2.05 bits per heavy atom. The molecule has 19 heavy (non-hydrogen) atoms. The number of carbonyl (C=O) groups excluding carboxylic acids is 1. The van der Waals surface area contributed by atoms with E-state index in [-0.39, 0.29) is 5.91 Å². The van der Waals surface area contributed by atoms with Gasteiger partial charge in [-0.1, -0.05) is 12.1 Å². The molecule has 1 aromatic carbocycles. The van der Waals surface area contributed by atoms with E-state index in [0.717, 1.165) is 12.0 Å². The molecule has 0 aliphatic carbocycles. The molecule has 0 aromatic heterocycles. The Bertz CT molecular complexity index is 379. The number of nitrogens with two attached hydrogens (primary N) is 1. The van der Waals surface area contributed by atoms with E-state index < -0.39 is 6.10 Å². The highest BCUT2D eigenvalue weighted by atomic mass is 16.5. The van der Waals surface area contributed by atoms with Crippen molar-refractivity contribution >= 4 is 11.6 Å². The summed E-state index contributed by atoms with van der Waals surface area (Å²) in [6.07, 6.45) is 0.326. The number of methoxy groups -OCH3 is 1. The van der Waals surface area contributed by atoms with Crippen LogP contribution in [0.15, 0.2) is 24.3 Å². The van der Waals surface area contributed by atoms with Gasteiger partial charge in [-0.25, -0.2) is 0 Å². The molecular formula is C14H22N2O3. The van der Waals surface area contributed by atoms with Crippen LogP contribution >= 0.6 is 0 Å². The fourth-order valence-electron chi connectivity index (χ4n) is 1.48. The van der Waals surface area contributed by atoms with Gasteiger partial charge in [-0.3, -0.25) is 4.79 Å². The lowest BCUT2D eigenvalue weighted by Gasteiger charge is -2.13. The van der Waals surface area contributed by atoms with Gasteiger partial charge in [-0.05, 0) is 31.0 Å². The minimum absolute atomic E-state index is 0.105. The summed E-state index contributed by atoms with van der Waals surface area (Å²) in [4.78, 5) is 11.7. The summed E-state index contributed by atoms with van der Waals surface area (Å²) in [7, 11) is 1.64. The Hall–Kier alpha value is -1.59. The van der Waals surface area contributed by atoms with Crippen LogP contribution in [0.2, 0.25) is 0 Å². The highest BCUT2D eigenvalue weighted by Gasteiger charge is 2.12. The first-order valence-electron chi connectivity index (χ1n) is 6.36. The zero-order valence-electron chi connectivity index (χ0n) is 11.5. The summed E-state index contributed by atoms with van der Waals surface area (Å²) in [6, 6.07) is 7.40. The number of hydrogen-bond acceptors (Lipinski definition) is 4. The van der Waals surface area contributed by atoms with E-state index in [1.54, 1.807) is 14.0 Å². The van der Waals surface area contributed by atoms with Crippen molar-refractivity contribution in [3.05, 3.63) is 29.8 Å². The molecule has 1 amide bonds. The molecule has 0 aliphatic heterocycles. The summed E-state index contributed by atoms with van der Waals surface area (Å²) >= 11 is 0. The van der Waals surface area contributed by atoms with Crippen LogP contribution in [0.3, 0.4) is 0 Å². The molecule has 1 aromatic rings. The molecule has 1 atom stereocenters. The van der Waals surface area contributed by atoms with Crippen molar-refractivity contribution in [2.24, 2.45) is 0 Å². The molecule has 5 nitrogen and oxygen atoms in total. The number of anilines is 1. The molecule has 5 heteroatoms. The van der Waals surface area contributed by atoms with Gasteiger partial charge in [0.25, 0.3) is 0 Å². The van der Waals surface area contributed by atoms with Gasteiger partial charge < -0.3 is 20.5 Å². The van der Waals surface area contributed by atoms with E-state index in [0.29, 0.717) is 25.4 Å². The van der Waals surface area contributed by atoms with Crippen molar-refractivity contribution in [3.8, 4) is 0 Å². The average molecular weight is 266 g/mol. The Balaban J connectivity index is 2.24. The molecule has 106 valence electrons. The van der Waals surface area contributed by atoms with E-state index >= 15 is 0 Å². The lowest BCUT2D eigenvalue weighted by atomic mass is 10.2.